The van der Waals surface area contributed by atoms with E-state index >= 15 is 0 Å². The molecule has 21 heavy (non-hydrogen) atoms. The number of nitrogens with zero attached hydrogens (tertiary/aromatic N) is 5. The minimum absolute atomic E-state index is 0.141. The molecular weight excluding hydrogens is 262 g/mol. The highest BCUT2D eigenvalue weighted by atomic mass is 15.2. The summed E-state index contributed by atoms with van der Waals surface area (Å²) < 4.78 is 52.4. The van der Waals surface area contributed by atoms with E-state index in [0.717, 1.165) is 14.7 Å². The van der Waals surface area contributed by atoms with Crippen molar-refractivity contribution in [3.05, 3.63) is 42.5 Å². The predicted molar refractivity (Wildman–Crippen MR) is 79.7 cm³/mol. The molecule has 5 heteroatoms. The molecule has 0 radical (unpaired) electrons. The SMILES string of the molecule is [2H]C([2H])([2H])n1c2cnccc2c2c1[n+](C([2H])([2H])[2H])c1n2Cc2ccncc2-1. The smallest absolute Gasteiger partial charge is 0.264 e. The average Bonchev–Trinajstić information content (AvgIpc) is 3.18. The third-order valence-corrected chi connectivity index (χ3v) is 4.15. The molecule has 102 valence electrons. The summed E-state index contributed by atoms with van der Waals surface area (Å²) in [5, 5.41) is 0.654. The van der Waals surface area contributed by atoms with Crippen molar-refractivity contribution in [1.29, 1.82) is 0 Å². The number of fused-ring (bicyclic) bond motifs is 7. The molecule has 0 fully saturated rings. The fourth-order valence-electron chi connectivity index (χ4n) is 3.26. The van der Waals surface area contributed by atoms with Crippen LogP contribution in [0.1, 0.15) is 13.8 Å². The van der Waals surface area contributed by atoms with Crippen LogP contribution in [0.4, 0.5) is 0 Å². The second-order valence-electron chi connectivity index (χ2n) is 5.18. The molecule has 0 unspecified atom stereocenters. The van der Waals surface area contributed by atoms with Crippen LogP contribution in [0, 0.1) is 0 Å². The number of pyridine rings is 2. The Balaban J connectivity index is 2.07. The van der Waals surface area contributed by atoms with Gasteiger partial charge in [0.1, 0.15) is 5.52 Å². The van der Waals surface area contributed by atoms with Crippen molar-refractivity contribution >= 4 is 22.1 Å². The summed E-state index contributed by atoms with van der Waals surface area (Å²) in [5.41, 5.74) is 2.74. The van der Waals surface area contributed by atoms with E-state index < -0.39 is 14.0 Å². The molecular formula is C16H14N5+. The second kappa shape index (κ2) is 3.49. The van der Waals surface area contributed by atoms with Crippen LogP contribution in [0.15, 0.2) is 36.9 Å². The Morgan fingerprint density at radius 1 is 1.24 bits per heavy atom. The number of imidazole rings is 1. The molecule has 0 N–H and O–H groups in total. The zero-order valence-electron chi connectivity index (χ0n) is 16.9. The van der Waals surface area contributed by atoms with Crippen molar-refractivity contribution in [2.24, 2.45) is 14.0 Å². The molecule has 0 amide bonds. The molecule has 1 aliphatic rings. The van der Waals surface area contributed by atoms with Gasteiger partial charge in [-0.05, 0) is 12.1 Å². The van der Waals surface area contributed by atoms with Crippen LogP contribution in [0.2, 0.25) is 0 Å². The van der Waals surface area contributed by atoms with Crippen molar-refractivity contribution in [3.8, 4) is 11.4 Å². The van der Waals surface area contributed by atoms with Gasteiger partial charge in [-0.2, -0.15) is 0 Å². The quantitative estimate of drug-likeness (QED) is 0.406. The van der Waals surface area contributed by atoms with Crippen LogP contribution in [-0.4, -0.2) is 19.1 Å². The van der Waals surface area contributed by atoms with Gasteiger partial charge < -0.3 is 0 Å². The largest absolute Gasteiger partial charge is 0.269 e. The minimum Gasteiger partial charge on any atom is -0.264 e. The molecule has 5 rings (SSSR count). The monoisotopic (exact) mass is 282 g/mol. The van der Waals surface area contributed by atoms with E-state index in [9.17, 15) is 0 Å². The molecule has 0 aliphatic carbocycles. The van der Waals surface area contributed by atoms with Gasteiger partial charge in [0.05, 0.1) is 45.9 Å². The van der Waals surface area contributed by atoms with Crippen LogP contribution in [0.5, 0.6) is 0 Å². The molecule has 0 saturated carbocycles. The molecule has 0 atom stereocenters. The van der Waals surface area contributed by atoms with E-state index in [0.29, 0.717) is 34.4 Å². The van der Waals surface area contributed by atoms with E-state index in [1.54, 1.807) is 24.7 Å². The van der Waals surface area contributed by atoms with Gasteiger partial charge in [-0.1, -0.05) is 0 Å². The van der Waals surface area contributed by atoms with Crippen molar-refractivity contribution in [2.75, 3.05) is 0 Å². The Bertz CT molecular complexity index is 1230. The zero-order chi connectivity index (χ0) is 19.1. The van der Waals surface area contributed by atoms with Crippen LogP contribution < -0.4 is 4.57 Å². The first kappa shape index (κ1) is 6.85. The number of aromatic nitrogens is 5. The van der Waals surface area contributed by atoms with E-state index in [-0.39, 0.29) is 5.65 Å². The van der Waals surface area contributed by atoms with Crippen LogP contribution in [0.25, 0.3) is 33.5 Å². The summed E-state index contributed by atoms with van der Waals surface area (Å²) >= 11 is 0. The van der Waals surface area contributed by atoms with Crippen LogP contribution in [0.3, 0.4) is 0 Å². The average molecular weight is 282 g/mol. The first-order valence-electron chi connectivity index (χ1n) is 9.56. The molecule has 5 heterocycles. The van der Waals surface area contributed by atoms with Crippen molar-refractivity contribution in [3.63, 3.8) is 0 Å². The number of hydrogen-bond donors (Lipinski definition) is 0. The van der Waals surface area contributed by atoms with Gasteiger partial charge in [0.15, 0.2) is 5.52 Å². The third-order valence-electron chi connectivity index (χ3n) is 4.15. The van der Waals surface area contributed by atoms with Crippen molar-refractivity contribution < 1.29 is 12.8 Å². The number of hydrogen-bond acceptors (Lipinski definition) is 2. The molecule has 1 aliphatic heterocycles. The van der Waals surface area contributed by atoms with Crippen molar-refractivity contribution in [2.45, 2.75) is 6.54 Å². The Labute approximate surface area is 129 Å². The van der Waals surface area contributed by atoms with E-state index in [2.05, 4.69) is 9.97 Å². The molecule has 4 aromatic rings. The summed E-state index contributed by atoms with van der Waals surface area (Å²) in [7, 11) is 0. The van der Waals surface area contributed by atoms with E-state index in [4.69, 9.17) is 8.22 Å². The Kier molecular flexibility index (Phi) is 1.14. The highest BCUT2D eigenvalue weighted by molar-refractivity contribution is 6.04. The maximum atomic E-state index is 8.11. The molecule has 0 saturated heterocycles. The maximum absolute atomic E-state index is 8.11. The highest BCUT2D eigenvalue weighted by Gasteiger charge is 2.34. The lowest BCUT2D eigenvalue weighted by atomic mass is 10.2. The molecule has 0 aromatic carbocycles. The normalized spacial score (nSPS) is 18.5. The van der Waals surface area contributed by atoms with Crippen LogP contribution in [-0.2, 0) is 20.5 Å². The van der Waals surface area contributed by atoms with Crippen molar-refractivity contribution in [1.82, 2.24) is 19.1 Å². The molecule has 0 spiro atoms. The molecule has 5 nitrogen and oxygen atoms in total. The minimum atomic E-state index is -2.57. The Morgan fingerprint density at radius 3 is 3.05 bits per heavy atom. The zero-order valence-corrected chi connectivity index (χ0v) is 10.9. The lowest BCUT2D eigenvalue weighted by Crippen LogP contribution is -2.31. The fraction of sp³-hybridized carbons (Fsp3) is 0.188. The summed E-state index contributed by atoms with van der Waals surface area (Å²) in [6.07, 6.45) is 6.33. The van der Waals surface area contributed by atoms with E-state index in [1.807, 2.05) is 10.6 Å². The number of aryl methyl sites for hydroxylation is 2. The molecule has 0 bridgehead atoms. The van der Waals surface area contributed by atoms with Gasteiger partial charge in [-0.15, -0.1) is 0 Å². The first-order valence-corrected chi connectivity index (χ1v) is 6.56. The van der Waals surface area contributed by atoms with Gasteiger partial charge in [0, 0.05) is 24.2 Å². The predicted octanol–water partition coefficient (Wildman–Crippen LogP) is 1.78. The lowest BCUT2D eigenvalue weighted by Gasteiger charge is -1.98. The summed E-state index contributed by atoms with van der Waals surface area (Å²) in [6.45, 7) is -4.67. The Morgan fingerprint density at radius 2 is 2.14 bits per heavy atom. The molecule has 4 aromatic heterocycles. The third kappa shape index (κ3) is 1.15. The van der Waals surface area contributed by atoms with E-state index in [1.165, 1.54) is 6.20 Å². The summed E-state index contributed by atoms with van der Waals surface area (Å²) in [4.78, 5) is 8.17. The number of rotatable bonds is 0. The highest BCUT2D eigenvalue weighted by Crippen LogP contribution is 2.36. The van der Waals surface area contributed by atoms with Gasteiger partial charge in [0.2, 0.25) is 5.82 Å². The summed E-state index contributed by atoms with van der Waals surface area (Å²) in [5.74, 6) is 0.444. The van der Waals surface area contributed by atoms with Gasteiger partial charge >= 0.3 is 0 Å². The van der Waals surface area contributed by atoms with Crippen LogP contribution >= 0.6 is 0 Å². The summed E-state index contributed by atoms with van der Waals surface area (Å²) in [6, 6.07) is 3.57. The van der Waals surface area contributed by atoms with Gasteiger partial charge in [0.25, 0.3) is 5.65 Å². The van der Waals surface area contributed by atoms with Gasteiger partial charge in [-0.3, -0.25) is 14.5 Å². The van der Waals surface area contributed by atoms with Gasteiger partial charge in [-0.25, -0.2) is 9.13 Å². The second-order valence-corrected chi connectivity index (χ2v) is 5.18. The first-order chi connectivity index (χ1) is 12.7. The standard InChI is InChI=1S/C16H14N5/c1-19-13-8-18-6-4-11(13)14-16(19)20(2)15-12-7-17-5-3-10(12)9-21(14)15/h3-8H,9H2,1-2H3/q+1/i1D3,2D3. The Hall–Kier alpha value is -2.69. The fourth-order valence-corrected chi connectivity index (χ4v) is 3.26. The topological polar surface area (TPSA) is 39.5 Å². The lowest BCUT2D eigenvalue weighted by molar-refractivity contribution is -0.636. The maximum Gasteiger partial charge on any atom is 0.269 e.